The van der Waals surface area contributed by atoms with Crippen molar-refractivity contribution in [2.24, 2.45) is 11.8 Å². The predicted molar refractivity (Wildman–Crippen MR) is 91.3 cm³/mol. The molecule has 0 radical (unpaired) electrons. The highest BCUT2D eigenvalue weighted by Crippen LogP contribution is 2.28. The molecule has 4 rings (SSSR count). The smallest absolute Gasteiger partial charge is 0.241 e. The molecule has 2 fully saturated rings. The molecule has 128 valence electrons. The number of hydrogen-bond donors (Lipinski definition) is 1. The van der Waals surface area contributed by atoms with E-state index in [9.17, 15) is 4.79 Å². The molecular formula is C17H22N4O2S. The molecule has 1 aliphatic carbocycles. The van der Waals surface area contributed by atoms with Crippen molar-refractivity contribution in [2.45, 2.75) is 32.2 Å². The van der Waals surface area contributed by atoms with Gasteiger partial charge in [-0.1, -0.05) is 11.2 Å². The van der Waals surface area contributed by atoms with E-state index in [0.717, 1.165) is 43.3 Å². The monoisotopic (exact) mass is 346 g/mol. The van der Waals surface area contributed by atoms with Crippen LogP contribution in [0, 0.1) is 11.8 Å². The lowest BCUT2D eigenvalue weighted by Gasteiger charge is -2.30. The van der Waals surface area contributed by atoms with E-state index < -0.39 is 0 Å². The molecule has 1 saturated carbocycles. The van der Waals surface area contributed by atoms with Crippen LogP contribution in [0.4, 0.5) is 0 Å². The van der Waals surface area contributed by atoms with Gasteiger partial charge in [0, 0.05) is 13.1 Å². The van der Waals surface area contributed by atoms with Crippen LogP contribution in [0.3, 0.4) is 0 Å². The Kier molecular flexibility index (Phi) is 4.62. The van der Waals surface area contributed by atoms with Crippen LogP contribution in [0.15, 0.2) is 22.0 Å². The first kappa shape index (κ1) is 15.8. The van der Waals surface area contributed by atoms with Gasteiger partial charge in [0.2, 0.25) is 17.6 Å². The Hall–Kier alpha value is -1.73. The largest absolute Gasteiger partial charge is 0.356 e. The summed E-state index contributed by atoms with van der Waals surface area (Å²) in [5, 5.41) is 9.16. The standard InChI is InChI=1S/C17H22N4O2S/c22-17(18-9-12-5-6-12)13-3-1-7-21(10-13)11-15-19-16(20-23-15)14-4-2-8-24-14/h2,4,8,12-13H,1,3,5-7,9-11H2,(H,18,22). The van der Waals surface area contributed by atoms with Crippen LogP contribution < -0.4 is 5.32 Å². The fourth-order valence-corrected chi connectivity index (χ4v) is 3.79. The lowest BCUT2D eigenvalue weighted by Crippen LogP contribution is -2.43. The van der Waals surface area contributed by atoms with E-state index in [2.05, 4.69) is 20.4 Å². The van der Waals surface area contributed by atoms with Crippen molar-refractivity contribution in [3.63, 3.8) is 0 Å². The maximum atomic E-state index is 12.3. The third kappa shape index (κ3) is 3.84. The molecule has 2 aromatic rings. The maximum absolute atomic E-state index is 12.3. The van der Waals surface area contributed by atoms with Crippen molar-refractivity contribution in [3.05, 3.63) is 23.4 Å². The van der Waals surface area contributed by atoms with E-state index >= 15 is 0 Å². The van der Waals surface area contributed by atoms with Gasteiger partial charge in [-0.3, -0.25) is 9.69 Å². The Morgan fingerprint density at radius 1 is 1.42 bits per heavy atom. The molecule has 1 unspecified atom stereocenters. The molecular weight excluding hydrogens is 324 g/mol. The number of carbonyl (C=O) groups excluding carboxylic acids is 1. The van der Waals surface area contributed by atoms with Crippen molar-refractivity contribution in [2.75, 3.05) is 19.6 Å². The van der Waals surface area contributed by atoms with E-state index in [1.54, 1.807) is 11.3 Å². The SMILES string of the molecule is O=C(NCC1CC1)C1CCCN(Cc2nc(-c3cccs3)no2)C1. The lowest BCUT2D eigenvalue weighted by molar-refractivity contribution is -0.126. The summed E-state index contributed by atoms with van der Waals surface area (Å²) in [6.45, 7) is 3.21. The van der Waals surface area contributed by atoms with E-state index in [-0.39, 0.29) is 11.8 Å². The molecule has 3 heterocycles. The van der Waals surface area contributed by atoms with Crippen LogP contribution >= 0.6 is 11.3 Å². The predicted octanol–water partition coefficient (Wildman–Crippen LogP) is 2.54. The Bertz CT molecular complexity index is 681. The number of carbonyl (C=O) groups is 1. The second-order valence-corrected chi connectivity index (χ2v) is 7.70. The first-order valence-electron chi connectivity index (χ1n) is 8.64. The summed E-state index contributed by atoms with van der Waals surface area (Å²) >= 11 is 1.60. The molecule has 24 heavy (non-hydrogen) atoms. The third-order valence-electron chi connectivity index (χ3n) is 4.71. The number of piperidine rings is 1. The van der Waals surface area contributed by atoms with Crippen LogP contribution in [0.2, 0.25) is 0 Å². The highest BCUT2D eigenvalue weighted by molar-refractivity contribution is 7.13. The zero-order chi connectivity index (χ0) is 16.4. The second-order valence-electron chi connectivity index (χ2n) is 6.75. The number of thiophene rings is 1. The topological polar surface area (TPSA) is 71.3 Å². The van der Waals surface area contributed by atoms with Crippen molar-refractivity contribution in [1.29, 1.82) is 0 Å². The molecule has 2 aromatic heterocycles. The number of nitrogens with one attached hydrogen (secondary N) is 1. The minimum atomic E-state index is 0.0807. The summed E-state index contributed by atoms with van der Waals surface area (Å²) in [7, 11) is 0. The summed E-state index contributed by atoms with van der Waals surface area (Å²) in [6, 6.07) is 3.96. The second kappa shape index (κ2) is 7.03. The molecule has 2 aliphatic rings. The quantitative estimate of drug-likeness (QED) is 0.870. The summed E-state index contributed by atoms with van der Waals surface area (Å²) < 4.78 is 5.38. The molecule has 1 amide bonds. The Morgan fingerprint density at radius 2 is 2.33 bits per heavy atom. The first-order chi connectivity index (χ1) is 11.8. The Labute approximate surface area is 145 Å². The first-order valence-corrected chi connectivity index (χ1v) is 9.52. The van der Waals surface area contributed by atoms with Crippen molar-refractivity contribution in [3.8, 4) is 10.7 Å². The molecule has 1 N–H and O–H groups in total. The van der Waals surface area contributed by atoms with E-state index in [1.807, 2.05) is 17.5 Å². The number of rotatable bonds is 6. The van der Waals surface area contributed by atoms with Crippen molar-refractivity contribution in [1.82, 2.24) is 20.4 Å². The van der Waals surface area contributed by atoms with Crippen LogP contribution in [-0.2, 0) is 11.3 Å². The average molecular weight is 346 g/mol. The number of amides is 1. The minimum Gasteiger partial charge on any atom is -0.356 e. The summed E-state index contributed by atoms with van der Waals surface area (Å²) in [5.74, 6) is 2.28. The van der Waals surface area contributed by atoms with Crippen molar-refractivity contribution < 1.29 is 9.32 Å². The summed E-state index contributed by atoms with van der Waals surface area (Å²) in [6.07, 6.45) is 4.53. The van der Waals surface area contributed by atoms with Crippen LogP contribution in [0.25, 0.3) is 10.7 Å². The molecule has 6 nitrogen and oxygen atoms in total. The fourth-order valence-electron chi connectivity index (χ4n) is 3.14. The molecule has 1 aliphatic heterocycles. The molecule has 0 bridgehead atoms. The fraction of sp³-hybridized carbons (Fsp3) is 0.588. The van der Waals surface area contributed by atoms with Gasteiger partial charge in [0.05, 0.1) is 17.3 Å². The van der Waals surface area contributed by atoms with Gasteiger partial charge in [-0.2, -0.15) is 4.98 Å². The van der Waals surface area contributed by atoms with Gasteiger partial charge < -0.3 is 9.84 Å². The summed E-state index contributed by atoms with van der Waals surface area (Å²) in [4.78, 5) is 20.0. The lowest BCUT2D eigenvalue weighted by atomic mass is 9.97. The highest BCUT2D eigenvalue weighted by atomic mass is 32.1. The highest BCUT2D eigenvalue weighted by Gasteiger charge is 2.28. The van der Waals surface area contributed by atoms with E-state index in [4.69, 9.17) is 4.52 Å². The molecule has 0 spiro atoms. The zero-order valence-electron chi connectivity index (χ0n) is 13.6. The maximum Gasteiger partial charge on any atom is 0.241 e. The molecule has 7 heteroatoms. The van der Waals surface area contributed by atoms with Gasteiger partial charge in [-0.15, -0.1) is 11.3 Å². The number of hydrogen-bond acceptors (Lipinski definition) is 6. The summed E-state index contributed by atoms with van der Waals surface area (Å²) in [5.41, 5.74) is 0. The van der Waals surface area contributed by atoms with Gasteiger partial charge >= 0.3 is 0 Å². The Morgan fingerprint density at radius 3 is 3.12 bits per heavy atom. The molecule has 0 aromatic carbocycles. The molecule has 1 saturated heterocycles. The minimum absolute atomic E-state index is 0.0807. The van der Waals surface area contributed by atoms with Gasteiger partial charge in [-0.05, 0) is 49.6 Å². The van der Waals surface area contributed by atoms with E-state index in [1.165, 1.54) is 12.8 Å². The number of nitrogens with zero attached hydrogens (tertiary/aromatic N) is 3. The van der Waals surface area contributed by atoms with Gasteiger partial charge in [0.15, 0.2) is 0 Å². The normalized spacial score (nSPS) is 21.8. The third-order valence-corrected chi connectivity index (χ3v) is 5.57. The Balaban J connectivity index is 1.31. The van der Waals surface area contributed by atoms with Crippen molar-refractivity contribution >= 4 is 17.2 Å². The van der Waals surface area contributed by atoms with Crippen LogP contribution in [0.1, 0.15) is 31.6 Å². The zero-order valence-corrected chi connectivity index (χ0v) is 14.4. The van der Waals surface area contributed by atoms with Gasteiger partial charge in [0.25, 0.3) is 0 Å². The number of aromatic nitrogens is 2. The number of likely N-dealkylation sites (tertiary alicyclic amines) is 1. The molecule has 1 atom stereocenters. The van der Waals surface area contributed by atoms with Crippen LogP contribution in [0.5, 0.6) is 0 Å². The van der Waals surface area contributed by atoms with Crippen LogP contribution in [-0.4, -0.2) is 40.6 Å². The van der Waals surface area contributed by atoms with Gasteiger partial charge in [0.1, 0.15) is 0 Å². The average Bonchev–Trinajstić information content (AvgIpc) is 3.07. The van der Waals surface area contributed by atoms with Gasteiger partial charge in [-0.25, -0.2) is 0 Å². The van der Waals surface area contributed by atoms with E-state index in [0.29, 0.717) is 18.3 Å².